The summed E-state index contributed by atoms with van der Waals surface area (Å²) in [6.45, 7) is 3.60. The molecule has 0 aliphatic carbocycles. The van der Waals surface area contributed by atoms with Gasteiger partial charge in [-0.1, -0.05) is 37.3 Å². The Morgan fingerprint density at radius 3 is 2.22 bits per heavy atom. The van der Waals surface area contributed by atoms with E-state index in [1.165, 1.54) is 11.6 Å². The molecule has 1 fully saturated rings. The van der Waals surface area contributed by atoms with E-state index in [-0.39, 0.29) is 6.29 Å². The summed E-state index contributed by atoms with van der Waals surface area (Å²) >= 11 is 0. The second-order valence-corrected chi connectivity index (χ2v) is 6.07. The molecule has 23 heavy (non-hydrogen) atoms. The summed E-state index contributed by atoms with van der Waals surface area (Å²) in [5.74, 6) is -1.19. The van der Waals surface area contributed by atoms with Crippen LogP contribution in [0.3, 0.4) is 0 Å². The van der Waals surface area contributed by atoms with Crippen LogP contribution < -0.4 is 0 Å². The summed E-state index contributed by atoms with van der Waals surface area (Å²) in [6.07, 6.45) is 1.55. The van der Waals surface area contributed by atoms with E-state index in [9.17, 15) is 8.78 Å². The fraction of sp³-hybridized carbons (Fsp3) is 0.368. The van der Waals surface area contributed by atoms with Crippen LogP contribution in [0.2, 0.25) is 0 Å². The number of halogens is 2. The fourth-order valence-electron chi connectivity index (χ4n) is 2.63. The third-order valence-corrected chi connectivity index (χ3v) is 4.01. The average Bonchev–Trinajstić information content (AvgIpc) is 2.57. The van der Waals surface area contributed by atoms with Gasteiger partial charge in [0.25, 0.3) is 0 Å². The van der Waals surface area contributed by atoms with Gasteiger partial charge in [-0.05, 0) is 35.2 Å². The summed E-state index contributed by atoms with van der Waals surface area (Å²) in [5.41, 5.74) is 2.71. The van der Waals surface area contributed by atoms with Crippen molar-refractivity contribution in [2.45, 2.75) is 26.1 Å². The Morgan fingerprint density at radius 2 is 1.57 bits per heavy atom. The van der Waals surface area contributed by atoms with E-state index in [4.69, 9.17) is 9.47 Å². The van der Waals surface area contributed by atoms with Crippen molar-refractivity contribution in [1.29, 1.82) is 0 Å². The molecule has 0 aromatic heterocycles. The van der Waals surface area contributed by atoms with Crippen molar-refractivity contribution in [1.82, 2.24) is 0 Å². The average molecular weight is 318 g/mol. The molecule has 0 atom stereocenters. The summed E-state index contributed by atoms with van der Waals surface area (Å²) in [5, 5.41) is 0. The van der Waals surface area contributed by atoms with Gasteiger partial charge in [-0.2, -0.15) is 0 Å². The highest BCUT2D eigenvalue weighted by Gasteiger charge is 2.18. The molecule has 0 saturated carbocycles. The molecule has 0 bridgehead atoms. The number of aryl methyl sites for hydroxylation is 1. The first-order chi connectivity index (χ1) is 11.1. The van der Waals surface area contributed by atoms with Crippen LogP contribution in [0.15, 0.2) is 42.5 Å². The third kappa shape index (κ3) is 4.15. The molecule has 2 aromatic rings. The number of rotatable bonds is 4. The largest absolute Gasteiger partial charge is 0.352 e. The second kappa shape index (κ2) is 7.20. The zero-order valence-electron chi connectivity index (χ0n) is 13.1. The molecular weight excluding hydrogens is 298 g/mol. The monoisotopic (exact) mass is 318 g/mol. The predicted molar refractivity (Wildman–Crippen MR) is 85.0 cm³/mol. The van der Waals surface area contributed by atoms with Crippen molar-refractivity contribution in [3.05, 3.63) is 59.7 Å². The topological polar surface area (TPSA) is 18.5 Å². The Hall–Kier alpha value is -1.78. The van der Waals surface area contributed by atoms with Gasteiger partial charge in [-0.25, -0.2) is 8.78 Å². The molecule has 0 N–H and O–H groups in total. The minimum absolute atomic E-state index is 0.128. The first-order valence-corrected chi connectivity index (χ1v) is 7.89. The van der Waals surface area contributed by atoms with Crippen LogP contribution in [-0.2, 0) is 15.9 Å². The van der Waals surface area contributed by atoms with Crippen molar-refractivity contribution >= 4 is 0 Å². The first kappa shape index (κ1) is 16.1. The molecule has 3 rings (SSSR count). The van der Waals surface area contributed by atoms with E-state index in [1.54, 1.807) is 6.07 Å². The van der Waals surface area contributed by atoms with Crippen molar-refractivity contribution < 1.29 is 18.3 Å². The maximum absolute atomic E-state index is 13.3. The van der Waals surface area contributed by atoms with Crippen LogP contribution in [0.25, 0.3) is 11.1 Å². The van der Waals surface area contributed by atoms with Crippen molar-refractivity contribution in [3.63, 3.8) is 0 Å². The van der Waals surface area contributed by atoms with Gasteiger partial charge in [0.2, 0.25) is 0 Å². The van der Waals surface area contributed by atoms with Gasteiger partial charge >= 0.3 is 0 Å². The lowest BCUT2D eigenvalue weighted by atomic mass is 10.0. The van der Waals surface area contributed by atoms with Crippen LogP contribution in [-0.4, -0.2) is 19.5 Å². The Balaban J connectivity index is 1.59. The molecule has 0 radical (unpaired) electrons. The van der Waals surface area contributed by atoms with Crippen LogP contribution in [0.5, 0.6) is 0 Å². The SMILES string of the molecule is CC1COC(CCc2ccc(-c3ccc(F)c(F)c3)cc2)OC1. The molecule has 1 saturated heterocycles. The zero-order valence-corrected chi connectivity index (χ0v) is 13.1. The maximum atomic E-state index is 13.3. The molecular formula is C19H20F2O2. The molecule has 1 aliphatic rings. The first-order valence-electron chi connectivity index (χ1n) is 7.89. The lowest BCUT2D eigenvalue weighted by Gasteiger charge is -2.27. The lowest BCUT2D eigenvalue weighted by Crippen LogP contribution is -2.30. The molecule has 0 unspecified atom stereocenters. The minimum Gasteiger partial charge on any atom is -0.352 e. The van der Waals surface area contributed by atoms with E-state index < -0.39 is 11.6 Å². The third-order valence-electron chi connectivity index (χ3n) is 4.01. The van der Waals surface area contributed by atoms with Gasteiger partial charge in [0.05, 0.1) is 13.2 Å². The van der Waals surface area contributed by atoms with Crippen molar-refractivity contribution in [2.75, 3.05) is 13.2 Å². The predicted octanol–water partition coefficient (Wildman–Crippen LogP) is 4.57. The molecule has 2 nitrogen and oxygen atoms in total. The Labute approximate surface area is 135 Å². The second-order valence-electron chi connectivity index (χ2n) is 6.07. The number of hydrogen-bond donors (Lipinski definition) is 0. The van der Waals surface area contributed by atoms with Crippen LogP contribution in [0.1, 0.15) is 18.9 Å². The number of hydrogen-bond acceptors (Lipinski definition) is 2. The van der Waals surface area contributed by atoms with Gasteiger partial charge in [-0.15, -0.1) is 0 Å². The normalized spacial score (nSPS) is 21.3. The van der Waals surface area contributed by atoms with Gasteiger partial charge < -0.3 is 9.47 Å². The molecule has 122 valence electrons. The van der Waals surface area contributed by atoms with Crippen molar-refractivity contribution in [2.24, 2.45) is 5.92 Å². The highest BCUT2D eigenvalue weighted by molar-refractivity contribution is 5.63. The molecule has 0 spiro atoms. The molecule has 4 heteroatoms. The number of ether oxygens (including phenoxy) is 2. The zero-order chi connectivity index (χ0) is 16.2. The summed E-state index contributed by atoms with van der Waals surface area (Å²) in [6, 6.07) is 11.8. The molecule has 1 heterocycles. The van der Waals surface area contributed by atoms with Gasteiger partial charge in [0.1, 0.15) is 0 Å². The lowest BCUT2D eigenvalue weighted by molar-refractivity contribution is -0.199. The Kier molecular flexibility index (Phi) is 5.03. The van der Waals surface area contributed by atoms with Crippen LogP contribution >= 0.6 is 0 Å². The van der Waals surface area contributed by atoms with Gasteiger partial charge in [-0.3, -0.25) is 0 Å². The smallest absolute Gasteiger partial charge is 0.159 e. The molecule has 2 aromatic carbocycles. The highest BCUT2D eigenvalue weighted by Crippen LogP contribution is 2.23. The van der Waals surface area contributed by atoms with Crippen LogP contribution in [0, 0.1) is 17.6 Å². The van der Waals surface area contributed by atoms with Gasteiger partial charge in [0.15, 0.2) is 17.9 Å². The maximum Gasteiger partial charge on any atom is 0.159 e. The fourth-order valence-corrected chi connectivity index (χ4v) is 2.63. The van der Waals surface area contributed by atoms with E-state index in [2.05, 4.69) is 6.92 Å². The quantitative estimate of drug-likeness (QED) is 0.822. The summed E-state index contributed by atoms with van der Waals surface area (Å²) in [7, 11) is 0. The Bertz CT molecular complexity index is 647. The standard InChI is InChI=1S/C19H20F2O2/c1-13-11-22-19(23-12-13)9-4-14-2-5-15(6-3-14)16-7-8-17(20)18(21)10-16/h2-3,5-8,10,13,19H,4,9,11-12H2,1H3. The Morgan fingerprint density at radius 1 is 0.913 bits per heavy atom. The van der Waals surface area contributed by atoms with E-state index >= 15 is 0 Å². The summed E-state index contributed by atoms with van der Waals surface area (Å²) in [4.78, 5) is 0. The minimum atomic E-state index is -0.827. The van der Waals surface area contributed by atoms with E-state index in [0.717, 1.165) is 37.7 Å². The van der Waals surface area contributed by atoms with E-state index in [1.807, 2.05) is 24.3 Å². The van der Waals surface area contributed by atoms with Crippen LogP contribution in [0.4, 0.5) is 8.78 Å². The molecule has 0 amide bonds. The van der Waals surface area contributed by atoms with Gasteiger partial charge in [0, 0.05) is 12.3 Å². The van der Waals surface area contributed by atoms with E-state index in [0.29, 0.717) is 11.5 Å². The van der Waals surface area contributed by atoms with Crippen molar-refractivity contribution in [3.8, 4) is 11.1 Å². The summed E-state index contributed by atoms with van der Waals surface area (Å²) < 4.78 is 37.5. The highest BCUT2D eigenvalue weighted by atomic mass is 19.2. The molecule has 1 aliphatic heterocycles. The number of benzene rings is 2.